The molecule has 0 saturated heterocycles. The molecule has 0 saturated carbocycles. The molecule has 234 valence electrons. The molecule has 0 amide bonds. The highest BCUT2D eigenvalue weighted by Crippen LogP contribution is 2.16. The van der Waals surface area contributed by atoms with E-state index in [1.807, 2.05) is 30.3 Å². The van der Waals surface area contributed by atoms with E-state index in [4.69, 9.17) is 9.47 Å². The van der Waals surface area contributed by atoms with Crippen LogP contribution in [-0.4, -0.2) is 30.4 Å². The third-order valence-electron chi connectivity index (χ3n) is 7.79. The lowest BCUT2D eigenvalue weighted by molar-refractivity contribution is -0.165. The van der Waals surface area contributed by atoms with Crippen molar-refractivity contribution in [2.24, 2.45) is 0 Å². The summed E-state index contributed by atoms with van der Waals surface area (Å²) >= 11 is 0. The highest BCUT2D eigenvalue weighted by atomic mass is 16.6. The van der Waals surface area contributed by atoms with E-state index in [0.717, 1.165) is 44.1 Å². The standard InChI is InChI=1S/C36H60O5/c1-3-5-7-9-11-13-14-16-18-20-25-29-34(37)41-33(28-24-19-17-15-12-10-8-6-4-2)35(38)36(39)40-31-30-32-26-22-21-23-27-32/h21-23,26-27,33H,3-20,24-25,28-31H2,1-2H3. The Morgan fingerprint density at radius 2 is 1.07 bits per heavy atom. The summed E-state index contributed by atoms with van der Waals surface area (Å²) in [6.07, 6.45) is 23.9. The van der Waals surface area contributed by atoms with Gasteiger partial charge in [0.15, 0.2) is 6.10 Å². The lowest BCUT2D eigenvalue weighted by Gasteiger charge is -2.16. The van der Waals surface area contributed by atoms with Gasteiger partial charge in [-0.05, 0) is 24.8 Å². The van der Waals surface area contributed by atoms with Gasteiger partial charge in [-0.25, -0.2) is 4.79 Å². The molecule has 0 bridgehead atoms. The van der Waals surface area contributed by atoms with Gasteiger partial charge in [-0.3, -0.25) is 9.59 Å². The summed E-state index contributed by atoms with van der Waals surface area (Å²) in [6, 6.07) is 9.70. The third kappa shape index (κ3) is 21.2. The number of carbonyl (C=O) groups is 3. The molecular weight excluding hydrogens is 512 g/mol. The molecule has 1 aromatic carbocycles. The van der Waals surface area contributed by atoms with Gasteiger partial charge in [0.25, 0.3) is 5.78 Å². The van der Waals surface area contributed by atoms with Crippen LogP contribution in [0.3, 0.4) is 0 Å². The van der Waals surface area contributed by atoms with E-state index in [0.29, 0.717) is 19.3 Å². The number of hydrogen-bond acceptors (Lipinski definition) is 5. The second-order valence-electron chi connectivity index (χ2n) is 11.6. The summed E-state index contributed by atoms with van der Waals surface area (Å²) in [5.41, 5.74) is 1.04. The smallest absolute Gasteiger partial charge is 0.378 e. The van der Waals surface area contributed by atoms with Gasteiger partial charge in [0.05, 0.1) is 6.61 Å². The SMILES string of the molecule is CCCCCCCCCCCCCC(=O)OC(CCCCCCCCCCC)C(=O)C(=O)OCCc1ccccc1. The summed E-state index contributed by atoms with van der Waals surface area (Å²) in [6.45, 7) is 4.60. The van der Waals surface area contributed by atoms with E-state index in [1.54, 1.807) is 0 Å². The number of unbranched alkanes of at least 4 members (excludes halogenated alkanes) is 18. The minimum absolute atomic E-state index is 0.131. The fourth-order valence-electron chi connectivity index (χ4n) is 5.14. The van der Waals surface area contributed by atoms with E-state index in [1.165, 1.54) is 89.9 Å². The highest BCUT2D eigenvalue weighted by molar-refractivity contribution is 6.35. The van der Waals surface area contributed by atoms with Gasteiger partial charge >= 0.3 is 11.9 Å². The number of ketones is 1. The molecule has 5 heteroatoms. The Kier molecular flexibility index (Phi) is 24.0. The predicted molar refractivity (Wildman–Crippen MR) is 169 cm³/mol. The van der Waals surface area contributed by atoms with Crippen LogP contribution in [-0.2, 0) is 30.3 Å². The van der Waals surface area contributed by atoms with Gasteiger partial charge in [-0.15, -0.1) is 0 Å². The van der Waals surface area contributed by atoms with Crippen LogP contribution >= 0.6 is 0 Å². The van der Waals surface area contributed by atoms with Crippen molar-refractivity contribution in [2.75, 3.05) is 6.61 Å². The molecule has 0 spiro atoms. The number of hydrogen-bond donors (Lipinski definition) is 0. The largest absolute Gasteiger partial charge is 0.459 e. The van der Waals surface area contributed by atoms with Crippen LogP contribution in [0.5, 0.6) is 0 Å². The van der Waals surface area contributed by atoms with Crippen LogP contribution < -0.4 is 0 Å². The molecule has 1 atom stereocenters. The second-order valence-corrected chi connectivity index (χ2v) is 11.6. The van der Waals surface area contributed by atoms with Gasteiger partial charge < -0.3 is 9.47 Å². The van der Waals surface area contributed by atoms with E-state index in [-0.39, 0.29) is 12.6 Å². The zero-order chi connectivity index (χ0) is 29.8. The highest BCUT2D eigenvalue weighted by Gasteiger charge is 2.29. The Bertz CT molecular complexity index is 775. The molecule has 0 aliphatic rings. The fourth-order valence-corrected chi connectivity index (χ4v) is 5.14. The maximum Gasteiger partial charge on any atom is 0.378 e. The quantitative estimate of drug-likeness (QED) is 0.0568. The number of rotatable bonds is 28. The second kappa shape index (κ2) is 26.7. The van der Waals surface area contributed by atoms with E-state index < -0.39 is 17.9 Å². The zero-order valence-electron chi connectivity index (χ0n) is 26.5. The van der Waals surface area contributed by atoms with E-state index in [2.05, 4.69) is 13.8 Å². The van der Waals surface area contributed by atoms with Gasteiger partial charge in [0.1, 0.15) is 0 Å². The van der Waals surface area contributed by atoms with Crippen LogP contribution in [0.1, 0.15) is 161 Å². The maximum absolute atomic E-state index is 12.9. The number of benzene rings is 1. The Labute approximate surface area is 251 Å². The Morgan fingerprint density at radius 3 is 1.59 bits per heavy atom. The number of carbonyl (C=O) groups excluding carboxylic acids is 3. The Hall–Kier alpha value is -2.17. The zero-order valence-corrected chi connectivity index (χ0v) is 26.5. The van der Waals surface area contributed by atoms with Crippen molar-refractivity contribution < 1.29 is 23.9 Å². The van der Waals surface area contributed by atoms with Crippen molar-refractivity contribution in [3.05, 3.63) is 35.9 Å². The van der Waals surface area contributed by atoms with Gasteiger partial charge in [-0.1, -0.05) is 160 Å². The topological polar surface area (TPSA) is 69.7 Å². The number of ether oxygens (including phenoxy) is 2. The Balaban J connectivity index is 2.36. The molecule has 0 N–H and O–H groups in total. The summed E-state index contributed by atoms with van der Waals surface area (Å²) in [5, 5.41) is 0. The van der Waals surface area contributed by atoms with Crippen LogP contribution in [0.2, 0.25) is 0 Å². The van der Waals surface area contributed by atoms with E-state index >= 15 is 0 Å². The molecular formula is C36H60O5. The number of Topliss-reactive ketones (excluding diaryl/α,β-unsaturated/α-hetero) is 1. The monoisotopic (exact) mass is 572 g/mol. The molecule has 0 aliphatic carbocycles. The van der Waals surface area contributed by atoms with Gasteiger partial charge in [0, 0.05) is 12.8 Å². The first-order valence-corrected chi connectivity index (χ1v) is 17.0. The van der Waals surface area contributed by atoms with Gasteiger partial charge in [-0.2, -0.15) is 0 Å². The summed E-state index contributed by atoms with van der Waals surface area (Å²) < 4.78 is 10.8. The molecule has 0 heterocycles. The molecule has 1 aromatic rings. The summed E-state index contributed by atoms with van der Waals surface area (Å²) in [7, 11) is 0. The molecule has 0 fully saturated rings. The third-order valence-corrected chi connectivity index (χ3v) is 7.79. The Morgan fingerprint density at radius 1 is 0.610 bits per heavy atom. The minimum atomic E-state index is -1.04. The maximum atomic E-state index is 12.9. The van der Waals surface area contributed by atoms with Crippen molar-refractivity contribution in [1.29, 1.82) is 0 Å². The van der Waals surface area contributed by atoms with Crippen molar-refractivity contribution >= 4 is 17.7 Å². The predicted octanol–water partition coefficient (Wildman–Crippen LogP) is 9.88. The molecule has 5 nitrogen and oxygen atoms in total. The average Bonchev–Trinajstić information content (AvgIpc) is 2.98. The van der Waals surface area contributed by atoms with Crippen LogP contribution in [0.4, 0.5) is 0 Å². The average molecular weight is 573 g/mol. The normalized spacial score (nSPS) is 11.8. The summed E-state index contributed by atoms with van der Waals surface area (Å²) in [4.78, 5) is 38.0. The van der Waals surface area contributed by atoms with Crippen LogP contribution in [0, 0.1) is 0 Å². The van der Waals surface area contributed by atoms with E-state index in [9.17, 15) is 14.4 Å². The number of esters is 2. The van der Waals surface area contributed by atoms with Crippen molar-refractivity contribution in [2.45, 2.75) is 168 Å². The first-order valence-electron chi connectivity index (χ1n) is 17.0. The van der Waals surface area contributed by atoms with Crippen molar-refractivity contribution in [3.63, 3.8) is 0 Å². The lowest BCUT2D eigenvalue weighted by atomic mass is 10.0. The fraction of sp³-hybridized carbons (Fsp3) is 0.750. The van der Waals surface area contributed by atoms with Crippen molar-refractivity contribution in [3.8, 4) is 0 Å². The molecule has 41 heavy (non-hydrogen) atoms. The molecule has 0 aromatic heterocycles. The molecule has 1 rings (SSSR count). The van der Waals surface area contributed by atoms with Crippen LogP contribution in [0.15, 0.2) is 30.3 Å². The first kappa shape index (κ1) is 36.9. The molecule has 1 unspecified atom stereocenters. The summed E-state index contributed by atoms with van der Waals surface area (Å²) in [5.74, 6) is -2.01. The van der Waals surface area contributed by atoms with Gasteiger partial charge in [0.2, 0.25) is 0 Å². The van der Waals surface area contributed by atoms with Crippen LogP contribution in [0.25, 0.3) is 0 Å². The lowest BCUT2D eigenvalue weighted by Crippen LogP contribution is -2.34. The van der Waals surface area contributed by atoms with Crippen molar-refractivity contribution in [1.82, 2.24) is 0 Å². The molecule has 0 radical (unpaired) electrons. The molecule has 0 aliphatic heterocycles. The first-order chi connectivity index (χ1) is 20.1. The minimum Gasteiger partial charge on any atom is -0.459 e.